The van der Waals surface area contributed by atoms with E-state index in [2.05, 4.69) is 31.3 Å². The molecular formula is C17H28N2O2. The number of rotatable bonds is 8. The third kappa shape index (κ3) is 6.74. The summed E-state index contributed by atoms with van der Waals surface area (Å²) < 4.78 is 0. The standard InChI is InChI=1S/C17H28N2O2/c1-12(2)9-13-5-7-14(8-6-13)15(20)11-19-17(3,4)10-16(18)21/h5-8,12,15,19-20H,9-11H2,1-4H3,(H2,18,21). The van der Waals surface area contributed by atoms with Crippen molar-refractivity contribution in [3.63, 3.8) is 0 Å². The Morgan fingerprint density at radius 2 is 1.86 bits per heavy atom. The van der Waals surface area contributed by atoms with E-state index in [4.69, 9.17) is 5.73 Å². The molecule has 1 unspecified atom stereocenters. The van der Waals surface area contributed by atoms with Crippen molar-refractivity contribution >= 4 is 5.91 Å². The molecule has 4 heteroatoms. The number of hydrogen-bond acceptors (Lipinski definition) is 3. The van der Waals surface area contributed by atoms with Gasteiger partial charge in [-0.2, -0.15) is 0 Å². The second-order valence-electron chi connectivity index (χ2n) is 6.76. The number of aliphatic hydroxyl groups is 1. The monoisotopic (exact) mass is 292 g/mol. The average Bonchev–Trinajstić information content (AvgIpc) is 2.34. The fourth-order valence-corrected chi connectivity index (χ4v) is 2.34. The van der Waals surface area contributed by atoms with E-state index < -0.39 is 11.6 Å². The first kappa shape index (κ1) is 17.7. The Hall–Kier alpha value is -1.39. The molecule has 0 bridgehead atoms. The number of aliphatic hydroxyl groups excluding tert-OH is 1. The number of nitrogens with one attached hydrogen (secondary N) is 1. The van der Waals surface area contributed by atoms with Gasteiger partial charge in [0.05, 0.1) is 6.10 Å². The Kier molecular flexibility index (Phi) is 6.37. The summed E-state index contributed by atoms with van der Waals surface area (Å²) >= 11 is 0. The van der Waals surface area contributed by atoms with Gasteiger partial charge in [0.15, 0.2) is 0 Å². The fraction of sp³-hybridized carbons (Fsp3) is 0.588. The Bertz CT molecular complexity index is 452. The number of hydrogen-bond donors (Lipinski definition) is 3. The molecule has 0 saturated carbocycles. The molecule has 4 nitrogen and oxygen atoms in total. The van der Waals surface area contributed by atoms with Gasteiger partial charge in [0.2, 0.25) is 5.91 Å². The van der Waals surface area contributed by atoms with E-state index in [-0.39, 0.29) is 12.3 Å². The summed E-state index contributed by atoms with van der Waals surface area (Å²) in [5.41, 5.74) is 6.96. The topological polar surface area (TPSA) is 75.3 Å². The van der Waals surface area contributed by atoms with Crippen LogP contribution in [0.5, 0.6) is 0 Å². The summed E-state index contributed by atoms with van der Waals surface area (Å²) in [6.07, 6.45) is 0.693. The number of benzene rings is 1. The molecule has 0 aliphatic carbocycles. The van der Waals surface area contributed by atoms with Crippen molar-refractivity contribution in [2.75, 3.05) is 6.54 Å². The molecule has 1 aromatic rings. The Morgan fingerprint density at radius 3 is 2.33 bits per heavy atom. The Morgan fingerprint density at radius 1 is 1.29 bits per heavy atom. The molecule has 0 aliphatic rings. The van der Waals surface area contributed by atoms with Crippen LogP contribution in [0.2, 0.25) is 0 Å². The molecule has 1 rings (SSSR count). The maximum Gasteiger partial charge on any atom is 0.219 e. The largest absolute Gasteiger partial charge is 0.387 e. The van der Waals surface area contributed by atoms with Crippen molar-refractivity contribution in [1.29, 1.82) is 0 Å². The summed E-state index contributed by atoms with van der Waals surface area (Å²) in [5.74, 6) is 0.275. The van der Waals surface area contributed by atoms with Crippen molar-refractivity contribution < 1.29 is 9.90 Å². The van der Waals surface area contributed by atoms with E-state index in [0.29, 0.717) is 12.5 Å². The van der Waals surface area contributed by atoms with Crippen molar-refractivity contribution in [3.05, 3.63) is 35.4 Å². The van der Waals surface area contributed by atoms with Gasteiger partial charge in [-0.15, -0.1) is 0 Å². The zero-order valence-corrected chi connectivity index (χ0v) is 13.5. The number of amides is 1. The molecular weight excluding hydrogens is 264 g/mol. The maximum atomic E-state index is 11.0. The second-order valence-corrected chi connectivity index (χ2v) is 6.76. The van der Waals surface area contributed by atoms with Crippen molar-refractivity contribution in [2.45, 2.75) is 52.2 Å². The van der Waals surface area contributed by atoms with E-state index in [1.807, 2.05) is 26.0 Å². The van der Waals surface area contributed by atoms with Crippen LogP contribution in [0.4, 0.5) is 0 Å². The Labute approximate surface area is 127 Å². The highest BCUT2D eigenvalue weighted by molar-refractivity contribution is 5.74. The van der Waals surface area contributed by atoms with Gasteiger partial charge in [-0.25, -0.2) is 0 Å². The molecule has 0 radical (unpaired) electrons. The molecule has 0 aromatic heterocycles. The van der Waals surface area contributed by atoms with E-state index >= 15 is 0 Å². The summed E-state index contributed by atoms with van der Waals surface area (Å²) in [4.78, 5) is 11.0. The van der Waals surface area contributed by atoms with Crippen molar-refractivity contribution in [3.8, 4) is 0 Å². The Balaban J connectivity index is 2.55. The van der Waals surface area contributed by atoms with Crippen LogP contribution in [0.3, 0.4) is 0 Å². The summed E-state index contributed by atoms with van der Waals surface area (Å²) in [6, 6.07) is 8.05. The molecule has 4 N–H and O–H groups in total. The van der Waals surface area contributed by atoms with Gasteiger partial charge < -0.3 is 16.2 Å². The zero-order valence-electron chi connectivity index (χ0n) is 13.5. The van der Waals surface area contributed by atoms with Crippen molar-refractivity contribution in [2.24, 2.45) is 11.7 Å². The first-order valence-corrected chi connectivity index (χ1v) is 7.50. The first-order valence-electron chi connectivity index (χ1n) is 7.50. The van der Waals surface area contributed by atoms with Crippen LogP contribution < -0.4 is 11.1 Å². The van der Waals surface area contributed by atoms with E-state index in [0.717, 1.165) is 12.0 Å². The van der Waals surface area contributed by atoms with Crippen LogP contribution in [0.25, 0.3) is 0 Å². The van der Waals surface area contributed by atoms with Gasteiger partial charge in [-0.3, -0.25) is 4.79 Å². The lowest BCUT2D eigenvalue weighted by atomic mass is 9.98. The van der Waals surface area contributed by atoms with E-state index in [9.17, 15) is 9.90 Å². The van der Waals surface area contributed by atoms with Gasteiger partial charge in [0.25, 0.3) is 0 Å². The predicted octanol–water partition coefficient (Wildman–Crippen LogP) is 2.16. The molecule has 0 heterocycles. The van der Waals surface area contributed by atoms with Gasteiger partial charge in [-0.1, -0.05) is 38.1 Å². The van der Waals surface area contributed by atoms with Gasteiger partial charge in [-0.05, 0) is 37.3 Å². The van der Waals surface area contributed by atoms with Crippen LogP contribution in [0, 0.1) is 5.92 Å². The summed E-state index contributed by atoms with van der Waals surface area (Å²) in [7, 11) is 0. The number of nitrogens with two attached hydrogens (primary N) is 1. The highest BCUT2D eigenvalue weighted by Gasteiger charge is 2.21. The minimum absolute atomic E-state index is 0.243. The SMILES string of the molecule is CC(C)Cc1ccc(C(O)CNC(C)(C)CC(N)=O)cc1. The minimum atomic E-state index is -0.592. The van der Waals surface area contributed by atoms with Crippen LogP contribution in [-0.2, 0) is 11.2 Å². The zero-order chi connectivity index (χ0) is 16.0. The first-order chi connectivity index (χ1) is 9.69. The molecule has 0 fully saturated rings. The molecule has 118 valence electrons. The minimum Gasteiger partial charge on any atom is -0.387 e. The second kappa shape index (κ2) is 7.57. The van der Waals surface area contributed by atoms with Gasteiger partial charge >= 0.3 is 0 Å². The van der Waals surface area contributed by atoms with Crippen molar-refractivity contribution in [1.82, 2.24) is 5.32 Å². The lowest BCUT2D eigenvalue weighted by Crippen LogP contribution is -2.44. The quantitative estimate of drug-likeness (QED) is 0.687. The lowest BCUT2D eigenvalue weighted by Gasteiger charge is -2.26. The molecule has 0 saturated heterocycles. The third-order valence-electron chi connectivity index (χ3n) is 3.40. The fourth-order valence-electron chi connectivity index (χ4n) is 2.34. The number of carbonyl (C=O) groups excluding carboxylic acids is 1. The average molecular weight is 292 g/mol. The molecule has 0 aliphatic heterocycles. The molecule has 0 spiro atoms. The number of carbonyl (C=O) groups is 1. The molecule has 1 atom stereocenters. The molecule has 21 heavy (non-hydrogen) atoms. The highest BCUT2D eigenvalue weighted by atomic mass is 16.3. The van der Waals surface area contributed by atoms with Crippen LogP contribution >= 0.6 is 0 Å². The third-order valence-corrected chi connectivity index (χ3v) is 3.40. The predicted molar refractivity (Wildman–Crippen MR) is 85.8 cm³/mol. The molecule has 1 aromatic carbocycles. The van der Waals surface area contributed by atoms with Gasteiger partial charge in [0, 0.05) is 18.5 Å². The summed E-state index contributed by atoms with van der Waals surface area (Å²) in [5, 5.41) is 13.4. The number of β-amino-alcohol motifs (C(OH)–C–C–N with tert-alkyl or cyclic N) is 1. The van der Waals surface area contributed by atoms with E-state index in [1.54, 1.807) is 0 Å². The summed E-state index contributed by atoms with van der Waals surface area (Å²) in [6.45, 7) is 8.57. The van der Waals surface area contributed by atoms with Crippen LogP contribution in [0.1, 0.15) is 51.3 Å². The van der Waals surface area contributed by atoms with Crippen LogP contribution in [0.15, 0.2) is 24.3 Å². The van der Waals surface area contributed by atoms with Crippen LogP contribution in [-0.4, -0.2) is 23.1 Å². The van der Waals surface area contributed by atoms with Gasteiger partial charge in [0.1, 0.15) is 0 Å². The lowest BCUT2D eigenvalue weighted by molar-refractivity contribution is -0.119. The van der Waals surface area contributed by atoms with E-state index in [1.165, 1.54) is 5.56 Å². The highest BCUT2D eigenvalue weighted by Crippen LogP contribution is 2.17. The maximum absolute atomic E-state index is 11.0. The smallest absolute Gasteiger partial charge is 0.219 e. The molecule has 1 amide bonds. The normalized spacial score (nSPS) is 13.4. The number of primary amides is 1.